The first kappa shape index (κ1) is 47.9. The van der Waals surface area contributed by atoms with Crippen LogP contribution in [-0.2, 0) is 23.9 Å². The molecule has 2 unspecified atom stereocenters. The number of imidazole rings is 1. The summed E-state index contributed by atoms with van der Waals surface area (Å²) < 4.78 is 37.9. The van der Waals surface area contributed by atoms with Crippen molar-refractivity contribution in [2.45, 2.75) is 76.2 Å². The maximum atomic E-state index is 14.6. The van der Waals surface area contributed by atoms with E-state index in [0.717, 1.165) is 44.1 Å². The number of aromatic amines is 1. The van der Waals surface area contributed by atoms with E-state index in [1.54, 1.807) is 41.2 Å². The van der Waals surface area contributed by atoms with Crippen molar-refractivity contribution in [1.82, 2.24) is 35.7 Å². The Morgan fingerprint density at radius 3 is 2.46 bits per heavy atom. The molecular formula is C54H58F2N8O6. The van der Waals surface area contributed by atoms with Crippen molar-refractivity contribution in [3.05, 3.63) is 107 Å². The second-order valence-electron chi connectivity index (χ2n) is 19.4. The molecule has 4 N–H and O–H groups in total. The van der Waals surface area contributed by atoms with Gasteiger partial charge in [-0.1, -0.05) is 86.7 Å². The zero-order valence-corrected chi connectivity index (χ0v) is 39.9. The van der Waals surface area contributed by atoms with Crippen LogP contribution in [0.5, 0.6) is 0 Å². The molecule has 4 amide bonds. The van der Waals surface area contributed by atoms with E-state index in [0.29, 0.717) is 36.8 Å². The van der Waals surface area contributed by atoms with E-state index in [1.165, 1.54) is 7.11 Å². The van der Waals surface area contributed by atoms with E-state index in [1.807, 2.05) is 32.9 Å². The Hall–Kier alpha value is -7.12. The highest BCUT2D eigenvalue weighted by molar-refractivity contribution is 6.05. The number of nitrogens with one attached hydrogen (secondary N) is 4. The van der Waals surface area contributed by atoms with Crippen LogP contribution >= 0.6 is 0 Å². The van der Waals surface area contributed by atoms with E-state index < -0.39 is 54.8 Å². The highest BCUT2D eigenvalue weighted by Gasteiger charge is 2.50. The molecule has 70 heavy (non-hydrogen) atoms. The molecule has 4 aliphatic rings. The fourth-order valence-corrected chi connectivity index (χ4v) is 10.3. The zero-order valence-electron chi connectivity index (χ0n) is 39.9. The first-order valence-electron chi connectivity index (χ1n) is 23.8. The maximum absolute atomic E-state index is 14.6. The minimum Gasteiger partial charge on any atom is -0.453 e. The van der Waals surface area contributed by atoms with Gasteiger partial charge in [-0.2, -0.15) is 0 Å². The van der Waals surface area contributed by atoms with Crippen LogP contribution in [0.15, 0.2) is 89.9 Å². The Bertz CT molecular complexity index is 2920. The number of methoxy groups -OCH3 is 2. The first-order chi connectivity index (χ1) is 33.6. The summed E-state index contributed by atoms with van der Waals surface area (Å²) in [4.78, 5) is 71.1. The third-order valence-electron chi connectivity index (χ3n) is 14.0. The molecule has 14 nitrogen and oxygen atoms in total. The SMILES string of the molecule is C#C[C@@H](C)CN(CC1=NC2c3ccc(-c4ccc5c(ccc6[nH]c([C@@H]7C[C@H](COC)CN7C(=O)[C@H](NC(=O)C7CC(F)(F)C7)c7ccccc7)nc65)c4)cc3C=CC2N1)C(=O)[C@@H](NC(=O)OC)C(C)C. The lowest BCUT2D eigenvalue weighted by molar-refractivity contribution is -0.153. The van der Waals surface area contributed by atoms with Crippen LogP contribution in [0.4, 0.5) is 13.6 Å². The van der Waals surface area contributed by atoms with E-state index in [4.69, 9.17) is 25.9 Å². The number of terminal acetylenes is 1. The summed E-state index contributed by atoms with van der Waals surface area (Å²) in [6.07, 6.45) is 8.75. The summed E-state index contributed by atoms with van der Waals surface area (Å²) in [5.74, 6) is -1.36. The third-order valence-corrected chi connectivity index (χ3v) is 14.0. The fourth-order valence-electron chi connectivity index (χ4n) is 10.3. The predicted molar refractivity (Wildman–Crippen MR) is 263 cm³/mol. The number of aromatic nitrogens is 2. The molecule has 1 saturated carbocycles. The molecule has 1 aromatic heterocycles. The Balaban J connectivity index is 0.949. The van der Waals surface area contributed by atoms with Gasteiger partial charge in [0.2, 0.25) is 23.6 Å². The number of hydrogen-bond acceptors (Lipinski definition) is 9. The molecule has 0 radical (unpaired) electrons. The molecule has 2 fully saturated rings. The standard InChI is InChI=1S/C54H58F2N8O6/c1-7-31(4)26-63(51(66)45(30(2)3)62-53(68)70-6)28-44-57-41-19-15-36-22-34(13-17-39(36)47(41)59-44)35-14-18-40-37(23-35)16-20-42-48(40)60-49(58-42)43-21-32(29-69-5)27-64(43)52(67)46(33-11-9-8-10-12-33)61-50(65)38-24-54(55,56)25-38/h1,8-20,22-23,30-32,38,41,43,45-47H,21,24-29H2,2-6H3,(H,57,59)(H,58,60)(H,61,65)(H,62,68)/t31-,32+,41?,43+,45+,46-,47?/m1/s1. The van der Waals surface area contributed by atoms with Gasteiger partial charge in [-0.25, -0.2) is 18.6 Å². The van der Waals surface area contributed by atoms with E-state index in [9.17, 15) is 28.0 Å². The Labute approximate surface area is 405 Å². The summed E-state index contributed by atoms with van der Waals surface area (Å²) >= 11 is 0. The fraction of sp³-hybridized carbons (Fsp3) is 0.407. The van der Waals surface area contributed by atoms with Gasteiger partial charge >= 0.3 is 6.09 Å². The average Bonchev–Trinajstić information content (AvgIpc) is 4.10. The van der Waals surface area contributed by atoms with Crippen LogP contribution in [-0.4, -0.2) is 108 Å². The second-order valence-corrected chi connectivity index (χ2v) is 19.4. The Morgan fingerprint density at radius 1 is 0.986 bits per heavy atom. The number of carbonyl (C=O) groups is 4. The number of amides is 4. The van der Waals surface area contributed by atoms with Crippen LogP contribution in [0.25, 0.3) is 39.0 Å². The molecule has 7 atom stereocenters. The van der Waals surface area contributed by atoms with E-state index in [2.05, 4.69) is 81.5 Å². The molecular weight excluding hydrogens is 895 g/mol. The molecule has 4 aromatic carbocycles. The van der Waals surface area contributed by atoms with Gasteiger partial charge in [0, 0.05) is 56.2 Å². The predicted octanol–water partition coefficient (Wildman–Crippen LogP) is 7.74. The largest absolute Gasteiger partial charge is 0.453 e. The van der Waals surface area contributed by atoms with Crippen molar-refractivity contribution in [3.63, 3.8) is 0 Å². The van der Waals surface area contributed by atoms with Crippen molar-refractivity contribution in [1.29, 1.82) is 0 Å². The number of H-pyrrole nitrogens is 1. The number of nitrogens with zero attached hydrogens (tertiary/aromatic N) is 4. The van der Waals surface area contributed by atoms with E-state index >= 15 is 0 Å². The van der Waals surface area contributed by atoms with Gasteiger partial charge in [-0.3, -0.25) is 19.4 Å². The van der Waals surface area contributed by atoms with Gasteiger partial charge in [-0.15, -0.1) is 12.3 Å². The molecule has 3 heterocycles. The number of likely N-dealkylation sites (tertiary alicyclic amines) is 1. The number of alkyl carbamates (subject to hydrolysis) is 1. The molecule has 364 valence electrons. The summed E-state index contributed by atoms with van der Waals surface area (Å²) in [6.45, 7) is 6.86. The van der Waals surface area contributed by atoms with Crippen LogP contribution < -0.4 is 16.0 Å². The molecule has 9 rings (SSSR count). The minimum absolute atomic E-state index is 0.00455. The smallest absolute Gasteiger partial charge is 0.407 e. The average molecular weight is 953 g/mol. The van der Waals surface area contributed by atoms with Crippen LogP contribution in [0.3, 0.4) is 0 Å². The number of benzene rings is 4. The molecule has 16 heteroatoms. The van der Waals surface area contributed by atoms with Crippen molar-refractivity contribution in [2.75, 3.05) is 40.5 Å². The number of carbonyl (C=O) groups excluding carboxylic acids is 4. The number of ether oxygens (including phenoxy) is 2. The number of fused-ring (bicyclic) bond motifs is 6. The molecule has 2 aliphatic carbocycles. The Morgan fingerprint density at radius 2 is 1.74 bits per heavy atom. The molecule has 1 saturated heterocycles. The maximum Gasteiger partial charge on any atom is 0.407 e. The van der Waals surface area contributed by atoms with Crippen LogP contribution in [0.1, 0.15) is 80.7 Å². The van der Waals surface area contributed by atoms with Crippen molar-refractivity contribution < 1.29 is 37.4 Å². The van der Waals surface area contributed by atoms with Crippen LogP contribution in [0, 0.1) is 36.0 Å². The normalized spacial score (nSPS) is 21.4. The van der Waals surface area contributed by atoms with Gasteiger partial charge < -0.3 is 40.2 Å². The molecule has 0 spiro atoms. The van der Waals surface area contributed by atoms with Gasteiger partial charge in [0.25, 0.3) is 0 Å². The quantitative estimate of drug-likeness (QED) is 0.0773. The lowest BCUT2D eigenvalue weighted by Crippen LogP contribution is -2.54. The summed E-state index contributed by atoms with van der Waals surface area (Å²) in [6, 6.07) is 22.9. The van der Waals surface area contributed by atoms with Crippen molar-refractivity contribution >= 4 is 57.5 Å². The molecule has 2 aliphatic heterocycles. The monoisotopic (exact) mass is 952 g/mol. The lowest BCUT2D eigenvalue weighted by atomic mass is 9.80. The summed E-state index contributed by atoms with van der Waals surface area (Å²) in [5.41, 5.74) is 6.27. The summed E-state index contributed by atoms with van der Waals surface area (Å²) in [5, 5.41) is 10.9. The summed E-state index contributed by atoms with van der Waals surface area (Å²) in [7, 11) is 2.89. The second kappa shape index (κ2) is 19.7. The minimum atomic E-state index is -2.88. The number of amidine groups is 1. The lowest BCUT2D eigenvalue weighted by Gasteiger charge is -2.35. The van der Waals surface area contributed by atoms with Gasteiger partial charge in [0.15, 0.2) is 0 Å². The van der Waals surface area contributed by atoms with Crippen LogP contribution in [0.2, 0.25) is 0 Å². The van der Waals surface area contributed by atoms with Gasteiger partial charge in [-0.05, 0) is 70.7 Å². The topological polar surface area (TPSA) is 170 Å². The third kappa shape index (κ3) is 9.72. The van der Waals surface area contributed by atoms with E-state index in [-0.39, 0.29) is 54.7 Å². The highest BCUT2D eigenvalue weighted by atomic mass is 19.3. The first-order valence-corrected chi connectivity index (χ1v) is 23.8. The van der Waals surface area contributed by atoms with Gasteiger partial charge in [0.05, 0.1) is 43.4 Å². The number of hydrogen-bond donors (Lipinski definition) is 4. The van der Waals surface area contributed by atoms with Gasteiger partial charge in [0.1, 0.15) is 29.8 Å². The number of alkyl halides is 2. The van der Waals surface area contributed by atoms with Crippen molar-refractivity contribution in [2.24, 2.45) is 28.7 Å². The highest BCUT2D eigenvalue weighted by Crippen LogP contribution is 2.44. The van der Waals surface area contributed by atoms with Crippen molar-refractivity contribution in [3.8, 4) is 23.5 Å². The number of halogens is 2. The molecule has 5 aromatic rings. The zero-order chi connectivity index (χ0) is 49.4. The number of rotatable bonds is 15. The number of aliphatic imine (C=N–C) groups is 1. The Kier molecular flexibility index (Phi) is 13.5. The molecule has 0 bridgehead atoms.